The molecule has 0 amide bonds. The molecule has 2 unspecified atom stereocenters. The Balaban J connectivity index is 4.08. The van der Waals surface area contributed by atoms with Crippen LogP contribution in [0.15, 0.2) is 122 Å². The molecular weight excluding hydrogens is 762 g/mol. The third-order valence-corrected chi connectivity index (χ3v) is 9.35. The maximum atomic E-state index is 12.5. The van der Waals surface area contributed by atoms with Gasteiger partial charge in [0.15, 0.2) is 6.10 Å². The maximum Gasteiger partial charge on any atom is 0.472 e. The monoisotopic (exact) mass is 840 g/mol. The molecule has 9 nitrogen and oxygen atoms in total. The van der Waals surface area contributed by atoms with Gasteiger partial charge in [-0.2, -0.15) is 0 Å². The number of carbonyl (C=O) groups is 2. The van der Waals surface area contributed by atoms with Gasteiger partial charge in [-0.15, -0.1) is 0 Å². The van der Waals surface area contributed by atoms with Crippen molar-refractivity contribution >= 4 is 19.8 Å². The Morgan fingerprint density at radius 1 is 0.525 bits per heavy atom. The van der Waals surface area contributed by atoms with E-state index in [0.29, 0.717) is 12.8 Å². The van der Waals surface area contributed by atoms with E-state index in [9.17, 15) is 19.0 Å². The normalized spacial score (nSPS) is 14.4. The van der Waals surface area contributed by atoms with E-state index in [2.05, 4.69) is 135 Å². The van der Waals surface area contributed by atoms with Crippen molar-refractivity contribution in [3.63, 3.8) is 0 Å². The van der Waals surface area contributed by atoms with Crippen LogP contribution in [0.3, 0.4) is 0 Å². The van der Waals surface area contributed by atoms with Crippen LogP contribution >= 0.6 is 7.82 Å². The van der Waals surface area contributed by atoms with Gasteiger partial charge in [-0.1, -0.05) is 161 Å². The van der Waals surface area contributed by atoms with Gasteiger partial charge in [0.2, 0.25) is 0 Å². The van der Waals surface area contributed by atoms with Crippen molar-refractivity contribution in [2.24, 2.45) is 5.73 Å². The lowest BCUT2D eigenvalue weighted by atomic mass is 10.1. The first-order chi connectivity index (χ1) is 28.8. The number of carbonyl (C=O) groups excluding carboxylic acids is 2. The average Bonchev–Trinajstić information content (AvgIpc) is 3.22. The van der Waals surface area contributed by atoms with Crippen LogP contribution in [0.25, 0.3) is 0 Å². The van der Waals surface area contributed by atoms with Crippen molar-refractivity contribution in [2.45, 2.75) is 148 Å². The molecule has 2 atom stereocenters. The SMILES string of the molecule is CC/C=C\C/C=C\C/C=C\C/C=C\C/C=C\C/C=C\C/C=C\C/C=C\C/C=C\C/C=C\CCCCC(=O)OC(COC(=O)CCCCCCC)COP(=O)(O)OCCN. The Morgan fingerprint density at radius 3 is 1.37 bits per heavy atom. The second kappa shape index (κ2) is 44.0. The predicted octanol–water partition coefficient (Wildman–Crippen LogP) is 12.9. The van der Waals surface area contributed by atoms with Gasteiger partial charge in [-0.05, 0) is 89.9 Å². The molecule has 0 heterocycles. The fourth-order valence-corrected chi connectivity index (χ4v) is 5.90. The Labute approximate surface area is 358 Å². The van der Waals surface area contributed by atoms with Gasteiger partial charge < -0.3 is 20.1 Å². The number of ether oxygens (including phenoxy) is 2. The van der Waals surface area contributed by atoms with Gasteiger partial charge in [0.25, 0.3) is 0 Å². The van der Waals surface area contributed by atoms with E-state index in [0.717, 1.165) is 103 Å². The summed E-state index contributed by atoms with van der Waals surface area (Å²) in [6.07, 6.45) is 60.1. The lowest BCUT2D eigenvalue weighted by Crippen LogP contribution is -2.29. The number of phosphoric acid groups is 1. The summed E-state index contributed by atoms with van der Waals surface area (Å²) in [5, 5.41) is 0. The van der Waals surface area contributed by atoms with E-state index in [1.165, 1.54) is 0 Å². The zero-order chi connectivity index (χ0) is 43.2. The van der Waals surface area contributed by atoms with Crippen molar-refractivity contribution < 1.29 is 37.6 Å². The van der Waals surface area contributed by atoms with E-state index in [-0.39, 0.29) is 32.6 Å². The highest BCUT2D eigenvalue weighted by Crippen LogP contribution is 2.43. The first-order valence-electron chi connectivity index (χ1n) is 22.0. The molecule has 0 rings (SSSR count). The maximum absolute atomic E-state index is 12.5. The van der Waals surface area contributed by atoms with E-state index in [1.807, 2.05) is 0 Å². The molecule has 0 spiro atoms. The second-order valence-corrected chi connectivity index (χ2v) is 15.3. The van der Waals surface area contributed by atoms with Gasteiger partial charge >= 0.3 is 19.8 Å². The number of allylic oxidation sites excluding steroid dienone is 20. The van der Waals surface area contributed by atoms with E-state index in [1.54, 1.807) is 0 Å². The molecule has 0 aliphatic heterocycles. The summed E-state index contributed by atoms with van der Waals surface area (Å²) in [6.45, 7) is 3.42. The number of hydrogen-bond donors (Lipinski definition) is 2. The zero-order valence-corrected chi connectivity index (χ0v) is 37.3. The first kappa shape index (κ1) is 55.4. The van der Waals surface area contributed by atoms with Gasteiger partial charge in [0, 0.05) is 19.4 Å². The predicted molar refractivity (Wildman–Crippen MR) is 247 cm³/mol. The number of rotatable bonds is 39. The number of phosphoric ester groups is 1. The molecule has 59 heavy (non-hydrogen) atoms. The Bertz CT molecular complexity index is 1370. The van der Waals surface area contributed by atoms with E-state index in [4.69, 9.17) is 24.3 Å². The molecule has 332 valence electrons. The highest BCUT2D eigenvalue weighted by atomic mass is 31.2. The fraction of sp³-hybridized carbons (Fsp3) is 0.551. The minimum Gasteiger partial charge on any atom is -0.462 e. The Kier molecular flexibility index (Phi) is 41.3. The van der Waals surface area contributed by atoms with Crippen LogP contribution in [0.5, 0.6) is 0 Å². The molecule has 0 aromatic rings. The second-order valence-electron chi connectivity index (χ2n) is 13.8. The summed E-state index contributed by atoms with van der Waals surface area (Å²) in [4.78, 5) is 34.5. The standard InChI is InChI=1S/C49H78NO8P/c1-3-5-7-9-10-11-12-13-14-15-16-17-18-19-20-21-22-23-24-25-26-27-28-29-30-31-32-33-34-35-36-38-40-42-49(52)58-47(46-57-59(53,54)56-44-43-50)45-55-48(51)41-39-37-8-6-4-2/h5,7,10-11,13-14,16-17,19-20,22-23,25-26,28-29,31-32,34-35,47H,3-4,6,8-9,12,15,18,21,24,27,30,33,36-46,50H2,1-2H3,(H,53,54)/b7-5-,11-10-,14-13-,17-16-,20-19-,23-22-,26-25-,29-28-,32-31-,35-34-. The van der Waals surface area contributed by atoms with Crippen LogP contribution in [0.2, 0.25) is 0 Å². The van der Waals surface area contributed by atoms with Crippen molar-refractivity contribution in [2.75, 3.05) is 26.4 Å². The summed E-state index contributed by atoms with van der Waals surface area (Å²) in [6, 6.07) is 0. The van der Waals surface area contributed by atoms with Gasteiger partial charge in [-0.25, -0.2) is 4.57 Å². The number of hydrogen-bond acceptors (Lipinski definition) is 8. The molecule has 10 heteroatoms. The Hall–Kier alpha value is -3.59. The van der Waals surface area contributed by atoms with Crippen LogP contribution in [0, 0.1) is 0 Å². The fourth-order valence-electron chi connectivity index (χ4n) is 5.13. The summed E-state index contributed by atoms with van der Waals surface area (Å²) in [5.74, 6) is -0.908. The largest absolute Gasteiger partial charge is 0.472 e. The lowest BCUT2D eigenvalue weighted by molar-refractivity contribution is -0.161. The minimum atomic E-state index is -4.38. The highest BCUT2D eigenvalue weighted by molar-refractivity contribution is 7.47. The molecule has 0 bridgehead atoms. The van der Waals surface area contributed by atoms with Gasteiger partial charge in [-0.3, -0.25) is 18.6 Å². The molecule has 0 aliphatic carbocycles. The van der Waals surface area contributed by atoms with Gasteiger partial charge in [0.1, 0.15) is 6.61 Å². The van der Waals surface area contributed by atoms with Gasteiger partial charge in [0.05, 0.1) is 13.2 Å². The number of esters is 2. The van der Waals surface area contributed by atoms with Crippen molar-refractivity contribution in [3.05, 3.63) is 122 Å². The number of unbranched alkanes of at least 4 members (excludes halogenated alkanes) is 6. The minimum absolute atomic E-state index is 0.0397. The summed E-state index contributed by atoms with van der Waals surface area (Å²) >= 11 is 0. The smallest absolute Gasteiger partial charge is 0.462 e. The third-order valence-electron chi connectivity index (χ3n) is 8.36. The summed E-state index contributed by atoms with van der Waals surface area (Å²) in [5.41, 5.74) is 5.32. The summed E-state index contributed by atoms with van der Waals surface area (Å²) < 4.78 is 32.4. The Morgan fingerprint density at radius 2 is 0.932 bits per heavy atom. The van der Waals surface area contributed by atoms with Crippen molar-refractivity contribution in [1.29, 1.82) is 0 Å². The molecule has 3 N–H and O–H groups in total. The molecular formula is C49H78NO8P. The molecule has 0 aromatic carbocycles. The molecule has 0 saturated heterocycles. The van der Waals surface area contributed by atoms with Crippen LogP contribution in [0.1, 0.15) is 142 Å². The quantitative estimate of drug-likeness (QED) is 0.0268. The average molecular weight is 840 g/mol. The third kappa shape index (κ3) is 43.8. The molecule has 0 aliphatic rings. The van der Waals surface area contributed by atoms with Crippen LogP contribution in [-0.2, 0) is 32.7 Å². The molecule has 0 radical (unpaired) electrons. The first-order valence-corrected chi connectivity index (χ1v) is 23.5. The van der Waals surface area contributed by atoms with Crippen LogP contribution in [-0.4, -0.2) is 49.3 Å². The van der Waals surface area contributed by atoms with Crippen LogP contribution in [0.4, 0.5) is 0 Å². The molecule has 0 fully saturated rings. The van der Waals surface area contributed by atoms with Crippen LogP contribution < -0.4 is 5.73 Å². The number of nitrogens with two attached hydrogens (primary N) is 1. The molecule has 0 aromatic heterocycles. The lowest BCUT2D eigenvalue weighted by Gasteiger charge is -2.19. The summed E-state index contributed by atoms with van der Waals surface area (Å²) in [7, 11) is -4.38. The van der Waals surface area contributed by atoms with Crippen molar-refractivity contribution in [1.82, 2.24) is 0 Å². The highest BCUT2D eigenvalue weighted by Gasteiger charge is 2.25. The van der Waals surface area contributed by atoms with E-state index >= 15 is 0 Å². The van der Waals surface area contributed by atoms with E-state index < -0.39 is 32.5 Å². The topological polar surface area (TPSA) is 134 Å². The zero-order valence-electron chi connectivity index (χ0n) is 36.4. The van der Waals surface area contributed by atoms with Crippen molar-refractivity contribution in [3.8, 4) is 0 Å². The molecule has 0 saturated carbocycles.